The first-order chi connectivity index (χ1) is 16.8. The molecule has 0 aliphatic carbocycles. The van der Waals surface area contributed by atoms with E-state index in [0.29, 0.717) is 19.4 Å². The van der Waals surface area contributed by atoms with Gasteiger partial charge in [-0.3, -0.25) is 14.9 Å². The maximum absolute atomic E-state index is 13.4. The highest BCUT2D eigenvalue weighted by molar-refractivity contribution is 8.00. The fourth-order valence-corrected chi connectivity index (χ4v) is 6.42. The Bertz CT molecular complexity index is 976. The Morgan fingerprint density at radius 2 is 1.69 bits per heavy atom. The molecule has 3 saturated heterocycles. The van der Waals surface area contributed by atoms with Gasteiger partial charge in [0.1, 0.15) is 11.0 Å². The summed E-state index contributed by atoms with van der Waals surface area (Å²) in [6.07, 6.45) is -2.58. The van der Waals surface area contributed by atoms with Crippen LogP contribution in [-0.4, -0.2) is 64.1 Å². The van der Waals surface area contributed by atoms with Crippen LogP contribution in [0.5, 0.6) is 0 Å². The normalized spacial score (nSPS) is 27.0. The summed E-state index contributed by atoms with van der Waals surface area (Å²) in [5, 5.41) is 5.58. The number of hydrogen-bond acceptors (Lipinski definition) is 6. The first-order valence-corrected chi connectivity index (χ1v) is 13.3. The van der Waals surface area contributed by atoms with Crippen molar-refractivity contribution in [3.05, 3.63) is 35.4 Å². The standard InChI is InChI=1S/C25H32F3N3O4S/c1-24(2,3)35-23(34)30-19(20(32)21-29-10-11-36-21)15-12-17-8-9-18(13-15)31(17)22(33)14-4-6-16(7-5-14)25(26,27)28/h4-7,15,17-19,21,29H,8-13H2,1-3H3,(H,30,34)/t15?,17?,18?,19-,21?/m0/s1. The number of thioether (sulfide) groups is 1. The summed E-state index contributed by atoms with van der Waals surface area (Å²) in [4.78, 5) is 41.0. The summed E-state index contributed by atoms with van der Waals surface area (Å²) in [6.45, 7) is 5.97. The first-order valence-electron chi connectivity index (χ1n) is 12.2. The molecule has 198 valence electrons. The number of nitrogens with one attached hydrogen (secondary N) is 2. The molecular weight excluding hydrogens is 495 g/mol. The maximum atomic E-state index is 13.4. The molecule has 2 N–H and O–H groups in total. The minimum Gasteiger partial charge on any atom is -0.444 e. The number of ether oxygens (including phenoxy) is 1. The number of hydrogen-bond donors (Lipinski definition) is 2. The van der Waals surface area contributed by atoms with E-state index in [1.165, 1.54) is 23.9 Å². The predicted octanol–water partition coefficient (Wildman–Crippen LogP) is 4.21. The minimum atomic E-state index is -4.46. The molecule has 3 aliphatic rings. The lowest BCUT2D eigenvalue weighted by atomic mass is 9.82. The maximum Gasteiger partial charge on any atom is 0.416 e. The second-order valence-electron chi connectivity index (χ2n) is 10.6. The molecule has 0 spiro atoms. The fourth-order valence-electron chi connectivity index (χ4n) is 5.40. The Balaban J connectivity index is 1.49. The number of fused-ring (bicyclic) bond motifs is 2. The van der Waals surface area contributed by atoms with Gasteiger partial charge in [-0.1, -0.05) is 0 Å². The van der Waals surface area contributed by atoms with Crippen LogP contribution in [0.1, 0.15) is 62.4 Å². The van der Waals surface area contributed by atoms with Gasteiger partial charge in [-0.25, -0.2) is 4.79 Å². The van der Waals surface area contributed by atoms with Gasteiger partial charge in [0.15, 0.2) is 5.78 Å². The summed E-state index contributed by atoms with van der Waals surface area (Å²) in [5.74, 6) is 0.226. The van der Waals surface area contributed by atoms with E-state index in [0.717, 1.165) is 30.7 Å². The number of ketones is 1. The van der Waals surface area contributed by atoms with Gasteiger partial charge >= 0.3 is 12.3 Å². The van der Waals surface area contributed by atoms with Crippen molar-refractivity contribution >= 4 is 29.5 Å². The van der Waals surface area contributed by atoms with Gasteiger partial charge in [-0.05, 0) is 76.6 Å². The number of halogens is 3. The molecule has 36 heavy (non-hydrogen) atoms. The van der Waals surface area contributed by atoms with Crippen LogP contribution in [0.25, 0.3) is 0 Å². The van der Waals surface area contributed by atoms with Gasteiger partial charge in [0.05, 0.1) is 11.6 Å². The Morgan fingerprint density at radius 3 is 2.19 bits per heavy atom. The molecule has 3 heterocycles. The van der Waals surface area contributed by atoms with E-state index in [1.54, 1.807) is 25.7 Å². The molecule has 3 unspecified atom stereocenters. The van der Waals surface area contributed by atoms with E-state index in [1.807, 2.05) is 0 Å². The lowest BCUT2D eigenvalue weighted by molar-refractivity contribution is -0.137. The van der Waals surface area contributed by atoms with E-state index < -0.39 is 34.8 Å². The molecule has 2 bridgehead atoms. The average Bonchev–Trinajstić information content (AvgIpc) is 3.41. The monoisotopic (exact) mass is 527 g/mol. The van der Waals surface area contributed by atoms with Gasteiger partial charge < -0.3 is 15.0 Å². The Morgan fingerprint density at radius 1 is 1.08 bits per heavy atom. The number of piperidine rings is 1. The van der Waals surface area contributed by atoms with Crippen LogP contribution in [0.3, 0.4) is 0 Å². The largest absolute Gasteiger partial charge is 0.444 e. The smallest absolute Gasteiger partial charge is 0.416 e. The first kappa shape index (κ1) is 26.8. The third-order valence-corrected chi connectivity index (χ3v) is 8.06. The third kappa shape index (κ3) is 5.99. The molecule has 1 aromatic carbocycles. The summed E-state index contributed by atoms with van der Waals surface area (Å²) >= 11 is 1.51. The zero-order valence-electron chi connectivity index (χ0n) is 20.6. The molecule has 0 aromatic heterocycles. The van der Waals surface area contributed by atoms with Crippen molar-refractivity contribution in [3.63, 3.8) is 0 Å². The van der Waals surface area contributed by atoms with Gasteiger partial charge in [0, 0.05) is 29.9 Å². The van der Waals surface area contributed by atoms with Crippen molar-refractivity contribution in [2.75, 3.05) is 12.3 Å². The van der Waals surface area contributed by atoms with E-state index >= 15 is 0 Å². The van der Waals surface area contributed by atoms with Crippen molar-refractivity contribution in [3.8, 4) is 0 Å². The summed E-state index contributed by atoms with van der Waals surface area (Å²) < 4.78 is 44.2. The summed E-state index contributed by atoms with van der Waals surface area (Å²) in [5.41, 5.74) is -1.30. The lowest BCUT2D eigenvalue weighted by Crippen LogP contribution is -2.56. The van der Waals surface area contributed by atoms with E-state index in [2.05, 4.69) is 10.6 Å². The van der Waals surface area contributed by atoms with Crippen molar-refractivity contribution in [1.82, 2.24) is 15.5 Å². The Kier molecular flexibility index (Phi) is 7.62. The number of benzene rings is 1. The quantitative estimate of drug-likeness (QED) is 0.597. The molecule has 4 rings (SSSR count). The molecular formula is C25H32F3N3O4S. The summed E-state index contributed by atoms with van der Waals surface area (Å²) in [6, 6.07) is 3.23. The van der Waals surface area contributed by atoms with Crippen LogP contribution in [0.2, 0.25) is 0 Å². The van der Waals surface area contributed by atoms with Gasteiger partial charge in [0.2, 0.25) is 0 Å². The van der Waals surface area contributed by atoms with Crippen LogP contribution >= 0.6 is 11.8 Å². The Labute approximate surface area is 212 Å². The highest BCUT2D eigenvalue weighted by Crippen LogP contribution is 2.41. The molecule has 0 saturated carbocycles. The number of carbonyl (C=O) groups is 3. The van der Waals surface area contributed by atoms with Crippen molar-refractivity contribution < 1.29 is 32.3 Å². The lowest BCUT2D eigenvalue weighted by Gasteiger charge is -2.42. The second kappa shape index (κ2) is 10.2. The van der Waals surface area contributed by atoms with Crippen LogP contribution < -0.4 is 10.6 Å². The minimum absolute atomic E-state index is 0.102. The molecule has 11 heteroatoms. The number of amides is 2. The molecule has 2 amide bonds. The van der Waals surface area contributed by atoms with Crippen LogP contribution in [-0.2, 0) is 15.7 Å². The summed E-state index contributed by atoms with van der Waals surface area (Å²) in [7, 11) is 0. The topological polar surface area (TPSA) is 87.7 Å². The average molecular weight is 528 g/mol. The van der Waals surface area contributed by atoms with E-state index in [4.69, 9.17) is 4.74 Å². The zero-order valence-corrected chi connectivity index (χ0v) is 21.4. The van der Waals surface area contributed by atoms with E-state index in [9.17, 15) is 27.6 Å². The second-order valence-corrected chi connectivity index (χ2v) is 11.8. The van der Waals surface area contributed by atoms with Gasteiger partial charge in [-0.15, -0.1) is 11.8 Å². The number of Topliss-reactive ketones (excluding diaryl/α,β-unsaturated/α-hetero) is 1. The van der Waals surface area contributed by atoms with Crippen LogP contribution in [0.4, 0.5) is 18.0 Å². The van der Waals surface area contributed by atoms with Crippen molar-refractivity contribution in [2.24, 2.45) is 5.92 Å². The molecule has 4 atom stereocenters. The molecule has 7 nitrogen and oxygen atoms in total. The third-order valence-electron chi connectivity index (χ3n) is 6.89. The molecule has 3 fully saturated rings. The highest BCUT2D eigenvalue weighted by Gasteiger charge is 2.48. The number of alkyl carbamates (subject to hydrolysis) is 1. The van der Waals surface area contributed by atoms with Crippen molar-refractivity contribution in [2.45, 2.75) is 81.7 Å². The molecule has 3 aliphatic heterocycles. The SMILES string of the molecule is CC(C)(C)OC(=O)N[C@H](C(=O)C1NCCS1)C1CC2CCC(C1)N2C(=O)c1ccc(C(F)(F)F)cc1. The van der Waals surface area contributed by atoms with Crippen molar-refractivity contribution in [1.29, 1.82) is 0 Å². The van der Waals surface area contributed by atoms with Crippen LogP contribution in [0, 0.1) is 5.92 Å². The Hall–Kier alpha value is -2.27. The predicted molar refractivity (Wildman–Crippen MR) is 130 cm³/mol. The van der Waals surface area contributed by atoms with Crippen LogP contribution in [0.15, 0.2) is 24.3 Å². The molecule has 1 aromatic rings. The van der Waals surface area contributed by atoms with E-state index in [-0.39, 0.29) is 35.3 Å². The number of nitrogens with zero attached hydrogens (tertiary/aromatic N) is 1. The highest BCUT2D eigenvalue weighted by atomic mass is 32.2. The fraction of sp³-hybridized carbons (Fsp3) is 0.640. The number of alkyl halides is 3. The number of carbonyl (C=O) groups excluding carboxylic acids is 3. The number of rotatable bonds is 5. The molecule has 0 radical (unpaired) electrons. The van der Waals surface area contributed by atoms with Gasteiger partial charge in [0.25, 0.3) is 5.91 Å². The zero-order chi connectivity index (χ0) is 26.3. The van der Waals surface area contributed by atoms with Gasteiger partial charge in [-0.2, -0.15) is 13.2 Å².